The number of hydrogen-bond acceptors (Lipinski definition) is 2. The Morgan fingerprint density at radius 1 is 1.35 bits per heavy atom. The van der Waals surface area contributed by atoms with E-state index < -0.39 is 0 Å². The van der Waals surface area contributed by atoms with Crippen molar-refractivity contribution in [3.8, 4) is 0 Å². The minimum absolute atomic E-state index is 0. The van der Waals surface area contributed by atoms with Crippen LogP contribution in [0.2, 0.25) is 0 Å². The first kappa shape index (κ1) is 17.5. The molecule has 0 bridgehead atoms. The van der Waals surface area contributed by atoms with Crippen molar-refractivity contribution in [1.82, 2.24) is 10.6 Å². The van der Waals surface area contributed by atoms with Crippen LogP contribution in [-0.4, -0.2) is 25.5 Å². The zero-order chi connectivity index (χ0) is 13.5. The van der Waals surface area contributed by atoms with Crippen molar-refractivity contribution in [3.63, 3.8) is 0 Å². The average molecular weight is 362 g/mol. The summed E-state index contributed by atoms with van der Waals surface area (Å²) in [6, 6.07) is 7.90. The minimum Gasteiger partial charge on any atom is -0.356 e. The van der Waals surface area contributed by atoms with Gasteiger partial charge in [0.1, 0.15) is 0 Å². The largest absolute Gasteiger partial charge is 0.356 e. The predicted octanol–water partition coefficient (Wildman–Crippen LogP) is 2.92. The van der Waals surface area contributed by atoms with E-state index in [1.165, 1.54) is 12.8 Å². The van der Waals surface area contributed by atoms with Gasteiger partial charge in [-0.25, -0.2) is 0 Å². The van der Waals surface area contributed by atoms with E-state index in [0.29, 0.717) is 6.42 Å². The van der Waals surface area contributed by atoms with Crippen molar-refractivity contribution in [2.75, 3.05) is 19.6 Å². The van der Waals surface area contributed by atoms with Gasteiger partial charge in [-0.05, 0) is 56.0 Å². The summed E-state index contributed by atoms with van der Waals surface area (Å²) in [7, 11) is 0. The molecule has 1 heterocycles. The third kappa shape index (κ3) is 6.25. The molecule has 5 heteroatoms. The SMILES string of the molecule is Cl.O=C(Cc1ccc(Br)cc1)NCCC1CCCNC1. The molecule has 0 radical (unpaired) electrons. The molecule has 1 amide bonds. The van der Waals surface area contributed by atoms with Gasteiger partial charge in [0.05, 0.1) is 6.42 Å². The van der Waals surface area contributed by atoms with E-state index in [9.17, 15) is 4.79 Å². The maximum absolute atomic E-state index is 11.8. The van der Waals surface area contributed by atoms with Crippen LogP contribution in [0, 0.1) is 5.92 Å². The molecule has 1 atom stereocenters. The smallest absolute Gasteiger partial charge is 0.224 e. The lowest BCUT2D eigenvalue weighted by Gasteiger charge is -2.22. The molecule has 0 aliphatic carbocycles. The molecule has 1 aromatic carbocycles. The highest BCUT2D eigenvalue weighted by Gasteiger charge is 2.12. The molecule has 2 rings (SSSR count). The summed E-state index contributed by atoms with van der Waals surface area (Å²) in [4.78, 5) is 11.8. The van der Waals surface area contributed by atoms with Gasteiger partial charge in [-0.15, -0.1) is 12.4 Å². The molecule has 112 valence electrons. The topological polar surface area (TPSA) is 41.1 Å². The monoisotopic (exact) mass is 360 g/mol. The van der Waals surface area contributed by atoms with E-state index in [1.54, 1.807) is 0 Å². The predicted molar refractivity (Wildman–Crippen MR) is 88.3 cm³/mol. The first-order valence-electron chi connectivity index (χ1n) is 6.96. The van der Waals surface area contributed by atoms with Gasteiger partial charge in [-0.2, -0.15) is 0 Å². The van der Waals surface area contributed by atoms with Crippen molar-refractivity contribution < 1.29 is 4.79 Å². The average Bonchev–Trinajstić information content (AvgIpc) is 2.43. The van der Waals surface area contributed by atoms with Gasteiger partial charge in [-0.3, -0.25) is 4.79 Å². The van der Waals surface area contributed by atoms with Gasteiger partial charge in [0.15, 0.2) is 0 Å². The lowest BCUT2D eigenvalue weighted by Crippen LogP contribution is -2.33. The van der Waals surface area contributed by atoms with Crippen molar-refractivity contribution in [2.45, 2.75) is 25.7 Å². The number of hydrogen-bond donors (Lipinski definition) is 2. The van der Waals surface area contributed by atoms with E-state index in [4.69, 9.17) is 0 Å². The molecule has 1 saturated heterocycles. The summed E-state index contributed by atoms with van der Waals surface area (Å²) in [6.07, 6.45) is 4.10. The second-order valence-corrected chi connectivity index (χ2v) is 6.07. The van der Waals surface area contributed by atoms with Gasteiger partial charge >= 0.3 is 0 Å². The second-order valence-electron chi connectivity index (χ2n) is 5.15. The fraction of sp³-hybridized carbons (Fsp3) is 0.533. The Morgan fingerprint density at radius 3 is 2.75 bits per heavy atom. The van der Waals surface area contributed by atoms with Crippen LogP contribution in [0.25, 0.3) is 0 Å². The van der Waals surface area contributed by atoms with E-state index in [-0.39, 0.29) is 18.3 Å². The molecule has 0 aromatic heterocycles. The van der Waals surface area contributed by atoms with Crippen LogP contribution in [-0.2, 0) is 11.2 Å². The van der Waals surface area contributed by atoms with Crippen LogP contribution in [0.4, 0.5) is 0 Å². The van der Waals surface area contributed by atoms with Crippen LogP contribution < -0.4 is 10.6 Å². The molecule has 1 aliphatic heterocycles. The zero-order valence-electron chi connectivity index (χ0n) is 11.5. The van der Waals surface area contributed by atoms with Crippen LogP contribution in [0.5, 0.6) is 0 Å². The van der Waals surface area contributed by atoms with Gasteiger partial charge in [0, 0.05) is 11.0 Å². The second kappa shape index (κ2) is 9.37. The Kier molecular flexibility index (Phi) is 8.19. The van der Waals surface area contributed by atoms with Crippen LogP contribution >= 0.6 is 28.3 Å². The third-order valence-corrected chi connectivity index (χ3v) is 4.08. The number of rotatable bonds is 5. The van der Waals surface area contributed by atoms with Crippen LogP contribution in [0.3, 0.4) is 0 Å². The Balaban J connectivity index is 0.00000200. The number of piperidine rings is 1. The van der Waals surface area contributed by atoms with E-state index in [2.05, 4.69) is 26.6 Å². The van der Waals surface area contributed by atoms with Crippen molar-refractivity contribution >= 4 is 34.2 Å². The lowest BCUT2D eigenvalue weighted by atomic mass is 9.96. The molecule has 20 heavy (non-hydrogen) atoms. The lowest BCUT2D eigenvalue weighted by molar-refractivity contribution is -0.120. The summed E-state index contributed by atoms with van der Waals surface area (Å²) >= 11 is 3.39. The first-order chi connectivity index (χ1) is 9.24. The summed E-state index contributed by atoms with van der Waals surface area (Å²) < 4.78 is 1.04. The highest BCUT2D eigenvalue weighted by atomic mass is 79.9. The number of carbonyl (C=O) groups excluding carboxylic acids is 1. The van der Waals surface area contributed by atoms with E-state index >= 15 is 0 Å². The molecular weight excluding hydrogens is 340 g/mol. The highest BCUT2D eigenvalue weighted by Crippen LogP contribution is 2.13. The number of halogens is 2. The number of nitrogens with one attached hydrogen (secondary N) is 2. The fourth-order valence-corrected chi connectivity index (χ4v) is 2.70. The molecule has 2 N–H and O–H groups in total. The van der Waals surface area contributed by atoms with Crippen molar-refractivity contribution in [2.24, 2.45) is 5.92 Å². The molecule has 1 aliphatic rings. The molecule has 0 spiro atoms. The standard InChI is InChI=1S/C15H21BrN2O.ClH/c16-14-5-3-12(4-6-14)10-15(19)18-9-7-13-2-1-8-17-11-13;/h3-6,13,17H,1-2,7-11H2,(H,18,19);1H. The number of benzene rings is 1. The van der Waals surface area contributed by atoms with Crippen LogP contribution in [0.15, 0.2) is 28.7 Å². The molecule has 3 nitrogen and oxygen atoms in total. The minimum atomic E-state index is 0. The van der Waals surface area contributed by atoms with Gasteiger partial charge < -0.3 is 10.6 Å². The Morgan fingerprint density at radius 2 is 2.10 bits per heavy atom. The molecule has 1 unspecified atom stereocenters. The number of carbonyl (C=O) groups is 1. The van der Waals surface area contributed by atoms with Crippen molar-refractivity contribution in [3.05, 3.63) is 34.3 Å². The Hall–Kier alpha value is -0.580. The molecular formula is C15H22BrClN2O. The summed E-state index contributed by atoms with van der Waals surface area (Å²) in [5.41, 5.74) is 1.06. The van der Waals surface area contributed by atoms with Gasteiger partial charge in [0.2, 0.25) is 5.91 Å². The molecule has 1 aromatic rings. The van der Waals surface area contributed by atoms with E-state index in [0.717, 1.165) is 42.0 Å². The Labute approximate surface area is 135 Å². The highest BCUT2D eigenvalue weighted by molar-refractivity contribution is 9.10. The summed E-state index contributed by atoms with van der Waals surface area (Å²) in [5.74, 6) is 0.841. The maximum Gasteiger partial charge on any atom is 0.224 e. The van der Waals surface area contributed by atoms with Crippen molar-refractivity contribution in [1.29, 1.82) is 0 Å². The molecule has 0 saturated carbocycles. The van der Waals surface area contributed by atoms with Gasteiger partial charge in [-0.1, -0.05) is 28.1 Å². The van der Waals surface area contributed by atoms with Crippen LogP contribution in [0.1, 0.15) is 24.8 Å². The number of amides is 1. The fourth-order valence-electron chi connectivity index (χ4n) is 2.44. The maximum atomic E-state index is 11.8. The summed E-state index contributed by atoms with van der Waals surface area (Å²) in [6.45, 7) is 3.04. The molecule has 1 fully saturated rings. The zero-order valence-corrected chi connectivity index (χ0v) is 13.9. The third-order valence-electron chi connectivity index (χ3n) is 3.55. The normalized spacial score (nSPS) is 18.1. The first-order valence-corrected chi connectivity index (χ1v) is 7.75. The quantitative estimate of drug-likeness (QED) is 0.846. The van der Waals surface area contributed by atoms with Gasteiger partial charge in [0.25, 0.3) is 0 Å². The van der Waals surface area contributed by atoms with E-state index in [1.807, 2.05) is 24.3 Å². The summed E-state index contributed by atoms with van der Waals surface area (Å²) in [5, 5.41) is 6.42. The Bertz CT molecular complexity index is 405.